The third-order valence-electron chi connectivity index (χ3n) is 5.28. The number of nitrogens with one attached hydrogen (secondary N) is 1. The maximum atomic E-state index is 3.93. The molecule has 0 aromatic carbocycles. The van der Waals surface area contributed by atoms with Crippen LogP contribution in [0, 0.1) is 11.8 Å². The highest BCUT2D eigenvalue weighted by atomic mass is 15.0. The standard InChI is InChI=1S/C16H31N/c1-3-14-9-11-16(12-10-14)17-13(2)15-7-5-4-6-8-15/h13-17H,3-12H2,1-2H3/t13-,14?,16?/m1/s1. The van der Waals surface area contributed by atoms with E-state index < -0.39 is 0 Å². The fourth-order valence-corrected chi connectivity index (χ4v) is 3.88. The summed E-state index contributed by atoms with van der Waals surface area (Å²) in [7, 11) is 0. The van der Waals surface area contributed by atoms with E-state index in [1.807, 2.05) is 0 Å². The monoisotopic (exact) mass is 237 g/mol. The van der Waals surface area contributed by atoms with Crippen LogP contribution in [-0.2, 0) is 0 Å². The summed E-state index contributed by atoms with van der Waals surface area (Å²) in [6.07, 6.45) is 14.5. The molecule has 2 saturated carbocycles. The SMILES string of the molecule is CCC1CCC(N[C@H](C)C2CCCCC2)CC1. The van der Waals surface area contributed by atoms with Crippen LogP contribution in [-0.4, -0.2) is 12.1 Å². The third kappa shape index (κ3) is 3.98. The second-order valence-corrected chi connectivity index (χ2v) is 6.48. The van der Waals surface area contributed by atoms with Gasteiger partial charge in [0.1, 0.15) is 0 Å². The summed E-state index contributed by atoms with van der Waals surface area (Å²) in [5.74, 6) is 1.99. The molecule has 0 aromatic heterocycles. The highest BCUT2D eigenvalue weighted by Crippen LogP contribution is 2.30. The van der Waals surface area contributed by atoms with Crippen LogP contribution in [0.3, 0.4) is 0 Å². The summed E-state index contributed by atoms with van der Waals surface area (Å²) in [6, 6.07) is 1.59. The van der Waals surface area contributed by atoms with Gasteiger partial charge < -0.3 is 5.32 Å². The molecule has 0 aromatic rings. The van der Waals surface area contributed by atoms with Gasteiger partial charge in [-0.2, -0.15) is 0 Å². The van der Waals surface area contributed by atoms with Gasteiger partial charge in [-0.3, -0.25) is 0 Å². The van der Waals surface area contributed by atoms with Crippen LogP contribution in [0.1, 0.15) is 78.1 Å². The molecule has 100 valence electrons. The summed E-state index contributed by atoms with van der Waals surface area (Å²) >= 11 is 0. The number of hydrogen-bond acceptors (Lipinski definition) is 1. The van der Waals surface area contributed by atoms with E-state index in [9.17, 15) is 0 Å². The molecule has 0 unspecified atom stereocenters. The zero-order chi connectivity index (χ0) is 12.1. The van der Waals surface area contributed by atoms with E-state index in [-0.39, 0.29) is 0 Å². The quantitative estimate of drug-likeness (QED) is 0.758. The Labute approximate surface area is 108 Å². The summed E-state index contributed by atoms with van der Waals surface area (Å²) in [5.41, 5.74) is 0. The molecular formula is C16H31N. The first kappa shape index (κ1) is 13.4. The fraction of sp³-hybridized carbons (Fsp3) is 1.00. The Hall–Kier alpha value is -0.0400. The van der Waals surface area contributed by atoms with E-state index in [4.69, 9.17) is 0 Å². The summed E-state index contributed by atoms with van der Waals surface area (Å²) in [6.45, 7) is 4.78. The zero-order valence-electron chi connectivity index (χ0n) is 11.9. The van der Waals surface area contributed by atoms with Gasteiger partial charge in [-0.25, -0.2) is 0 Å². The third-order valence-corrected chi connectivity index (χ3v) is 5.28. The minimum Gasteiger partial charge on any atom is -0.311 e. The van der Waals surface area contributed by atoms with Crippen molar-refractivity contribution in [2.75, 3.05) is 0 Å². The smallest absolute Gasteiger partial charge is 0.00698 e. The molecule has 0 spiro atoms. The summed E-state index contributed by atoms with van der Waals surface area (Å²) < 4.78 is 0. The van der Waals surface area contributed by atoms with Crippen molar-refractivity contribution in [2.45, 2.75) is 90.1 Å². The molecule has 0 radical (unpaired) electrons. The van der Waals surface area contributed by atoms with Gasteiger partial charge in [0.2, 0.25) is 0 Å². The Morgan fingerprint density at radius 1 is 0.941 bits per heavy atom. The lowest BCUT2D eigenvalue weighted by Crippen LogP contribution is -2.43. The van der Waals surface area contributed by atoms with E-state index >= 15 is 0 Å². The average Bonchev–Trinajstić information content (AvgIpc) is 2.40. The molecule has 1 N–H and O–H groups in total. The minimum absolute atomic E-state index is 0.762. The van der Waals surface area contributed by atoms with E-state index in [0.717, 1.165) is 23.9 Å². The maximum absolute atomic E-state index is 3.93. The molecule has 0 heterocycles. The minimum atomic E-state index is 0.762. The van der Waals surface area contributed by atoms with Crippen molar-refractivity contribution < 1.29 is 0 Å². The first-order valence-electron chi connectivity index (χ1n) is 8.05. The van der Waals surface area contributed by atoms with Crippen molar-refractivity contribution in [2.24, 2.45) is 11.8 Å². The van der Waals surface area contributed by atoms with Crippen molar-refractivity contribution in [1.82, 2.24) is 5.32 Å². The summed E-state index contributed by atoms with van der Waals surface area (Å²) in [4.78, 5) is 0. The second-order valence-electron chi connectivity index (χ2n) is 6.48. The van der Waals surface area contributed by atoms with Crippen LogP contribution in [0.25, 0.3) is 0 Å². The summed E-state index contributed by atoms with van der Waals surface area (Å²) in [5, 5.41) is 3.93. The van der Waals surface area contributed by atoms with Gasteiger partial charge in [0, 0.05) is 12.1 Å². The maximum Gasteiger partial charge on any atom is 0.00698 e. The Morgan fingerprint density at radius 2 is 1.59 bits per heavy atom. The van der Waals surface area contributed by atoms with Crippen LogP contribution in [0.2, 0.25) is 0 Å². The highest BCUT2D eigenvalue weighted by Gasteiger charge is 2.25. The molecular weight excluding hydrogens is 206 g/mol. The van der Waals surface area contributed by atoms with Gasteiger partial charge >= 0.3 is 0 Å². The Morgan fingerprint density at radius 3 is 2.18 bits per heavy atom. The lowest BCUT2D eigenvalue weighted by atomic mass is 9.81. The lowest BCUT2D eigenvalue weighted by molar-refractivity contribution is 0.222. The van der Waals surface area contributed by atoms with Gasteiger partial charge in [0.25, 0.3) is 0 Å². The average molecular weight is 237 g/mol. The van der Waals surface area contributed by atoms with E-state index in [0.29, 0.717) is 0 Å². The predicted molar refractivity (Wildman–Crippen MR) is 75.2 cm³/mol. The largest absolute Gasteiger partial charge is 0.311 e. The molecule has 0 aliphatic heterocycles. The molecule has 0 saturated heterocycles. The number of rotatable bonds is 4. The topological polar surface area (TPSA) is 12.0 Å². The van der Waals surface area contributed by atoms with Gasteiger partial charge in [-0.1, -0.05) is 32.6 Å². The molecule has 2 aliphatic carbocycles. The van der Waals surface area contributed by atoms with Gasteiger partial charge in [0.05, 0.1) is 0 Å². The van der Waals surface area contributed by atoms with Crippen LogP contribution in [0.5, 0.6) is 0 Å². The molecule has 2 fully saturated rings. The molecule has 1 atom stereocenters. The fourth-order valence-electron chi connectivity index (χ4n) is 3.88. The molecule has 0 bridgehead atoms. The van der Waals surface area contributed by atoms with E-state index in [1.165, 1.54) is 64.2 Å². The van der Waals surface area contributed by atoms with Crippen molar-refractivity contribution in [1.29, 1.82) is 0 Å². The van der Waals surface area contributed by atoms with Crippen LogP contribution >= 0.6 is 0 Å². The first-order chi connectivity index (χ1) is 8.29. The molecule has 0 amide bonds. The first-order valence-corrected chi connectivity index (χ1v) is 8.05. The lowest BCUT2D eigenvalue weighted by Gasteiger charge is -2.35. The second kappa shape index (κ2) is 6.78. The molecule has 2 rings (SSSR count). The van der Waals surface area contributed by atoms with Crippen molar-refractivity contribution in [3.8, 4) is 0 Å². The predicted octanol–water partition coefficient (Wildman–Crippen LogP) is 4.51. The normalized spacial score (nSPS) is 33.5. The van der Waals surface area contributed by atoms with Crippen LogP contribution in [0.4, 0.5) is 0 Å². The van der Waals surface area contributed by atoms with E-state index in [1.54, 1.807) is 0 Å². The molecule has 2 aliphatic rings. The Balaban J connectivity index is 1.69. The van der Waals surface area contributed by atoms with Crippen molar-refractivity contribution in [3.63, 3.8) is 0 Å². The van der Waals surface area contributed by atoms with Crippen molar-refractivity contribution >= 4 is 0 Å². The van der Waals surface area contributed by atoms with E-state index in [2.05, 4.69) is 19.2 Å². The zero-order valence-corrected chi connectivity index (χ0v) is 11.9. The van der Waals surface area contributed by atoms with Crippen molar-refractivity contribution in [3.05, 3.63) is 0 Å². The van der Waals surface area contributed by atoms with Gasteiger partial charge in [0.15, 0.2) is 0 Å². The number of hydrogen-bond donors (Lipinski definition) is 1. The molecule has 1 nitrogen and oxygen atoms in total. The van der Waals surface area contributed by atoms with Crippen LogP contribution < -0.4 is 5.32 Å². The molecule has 1 heteroatoms. The Bertz CT molecular complexity index is 200. The molecule has 17 heavy (non-hydrogen) atoms. The van der Waals surface area contributed by atoms with Crippen LogP contribution in [0.15, 0.2) is 0 Å². The van der Waals surface area contributed by atoms with Gasteiger partial charge in [-0.05, 0) is 57.3 Å². The Kier molecular flexibility index (Phi) is 5.34. The van der Waals surface area contributed by atoms with Gasteiger partial charge in [-0.15, -0.1) is 0 Å². The highest BCUT2D eigenvalue weighted by molar-refractivity contribution is 4.82.